The highest BCUT2D eigenvalue weighted by molar-refractivity contribution is 5.92. The molecule has 1 heterocycles. The molecule has 0 radical (unpaired) electrons. The average Bonchev–Trinajstić information content (AvgIpc) is 2.94. The fourth-order valence-corrected chi connectivity index (χ4v) is 2.15. The van der Waals surface area contributed by atoms with Gasteiger partial charge in [0.15, 0.2) is 0 Å². The highest BCUT2D eigenvalue weighted by Crippen LogP contribution is 2.27. The third kappa shape index (κ3) is 3.22. The van der Waals surface area contributed by atoms with Gasteiger partial charge in [0.2, 0.25) is 0 Å². The summed E-state index contributed by atoms with van der Waals surface area (Å²) in [5.41, 5.74) is 6.55. The lowest BCUT2D eigenvalue weighted by Gasteiger charge is -2.25. The molecule has 1 unspecified atom stereocenters. The van der Waals surface area contributed by atoms with Gasteiger partial charge < -0.3 is 20.3 Å². The summed E-state index contributed by atoms with van der Waals surface area (Å²) in [7, 11) is 1.70. The zero-order valence-corrected chi connectivity index (χ0v) is 12.2. The minimum Gasteiger partial charge on any atom is -0.508 e. The normalized spacial score (nSPS) is 12.1. The van der Waals surface area contributed by atoms with Gasteiger partial charge in [-0.25, -0.2) is 4.98 Å². The van der Waals surface area contributed by atoms with Gasteiger partial charge in [0.05, 0.1) is 12.4 Å². The van der Waals surface area contributed by atoms with Crippen LogP contribution in [-0.2, 0) is 6.54 Å². The van der Waals surface area contributed by atoms with Gasteiger partial charge in [0, 0.05) is 31.9 Å². The van der Waals surface area contributed by atoms with Crippen LogP contribution in [0, 0.1) is 0 Å². The molecule has 21 heavy (non-hydrogen) atoms. The smallest absolute Gasteiger partial charge is 0.274 e. The van der Waals surface area contributed by atoms with Gasteiger partial charge in [-0.3, -0.25) is 4.79 Å². The second-order valence-corrected chi connectivity index (χ2v) is 4.94. The number of nitrogens with zero attached hydrogens (tertiary/aromatic N) is 3. The van der Waals surface area contributed by atoms with Crippen molar-refractivity contribution in [3.8, 4) is 5.75 Å². The molecule has 0 saturated carbocycles. The van der Waals surface area contributed by atoms with Crippen molar-refractivity contribution in [2.75, 3.05) is 13.6 Å². The summed E-state index contributed by atoms with van der Waals surface area (Å²) in [6.07, 6.45) is 3.28. The largest absolute Gasteiger partial charge is 0.508 e. The van der Waals surface area contributed by atoms with Gasteiger partial charge in [0.25, 0.3) is 5.91 Å². The summed E-state index contributed by atoms with van der Waals surface area (Å²) in [6.45, 7) is 2.98. The SMILES string of the molecule is CC(c1ccccc1O)N(C)C(=O)c1cn(CCN)cn1. The van der Waals surface area contributed by atoms with Crippen LogP contribution in [-0.4, -0.2) is 39.1 Å². The summed E-state index contributed by atoms with van der Waals surface area (Å²) in [5.74, 6) is -0.0140. The highest BCUT2D eigenvalue weighted by Gasteiger charge is 2.22. The Kier molecular flexibility index (Phi) is 4.59. The van der Waals surface area contributed by atoms with Gasteiger partial charge in [0.1, 0.15) is 11.4 Å². The number of nitrogens with two attached hydrogens (primary N) is 1. The molecule has 1 amide bonds. The van der Waals surface area contributed by atoms with Crippen molar-refractivity contribution in [3.05, 3.63) is 48.0 Å². The van der Waals surface area contributed by atoms with Crippen LogP contribution in [0.1, 0.15) is 29.0 Å². The molecule has 1 aromatic heterocycles. The first-order valence-corrected chi connectivity index (χ1v) is 6.81. The Balaban J connectivity index is 2.16. The van der Waals surface area contributed by atoms with E-state index in [9.17, 15) is 9.90 Å². The van der Waals surface area contributed by atoms with Crippen LogP contribution in [0.5, 0.6) is 5.75 Å². The topological polar surface area (TPSA) is 84.4 Å². The number of carbonyl (C=O) groups excluding carboxylic acids is 1. The van der Waals surface area contributed by atoms with E-state index in [1.165, 1.54) is 0 Å². The van der Waals surface area contributed by atoms with E-state index in [4.69, 9.17) is 5.73 Å². The predicted octanol–water partition coefficient (Wildman–Crippen LogP) is 1.38. The van der Waals surface area contributed by atoms with Gasteiger partial charge in [-0.05, 0) is 13.0 Å². The Morgan fingerprint density at radius 2 is 2.19 bits per heavy atom. The number of benzene rings is 1. The van der Waals surface area contributed by atoms with E-state index in [0.717, 1.165) is 0 Å². The quantitative estimate of drug-likeness (QED) is 0.870. The van der Waals surface area contributed by atoms with Crippen molar-refractivity contribution in [1.82, 2.24) is 14.5 Å². The first kappa shape index (κ1) is 15.1. The fraction of sp³-hybridized carbons (Fsp3) is 0.333. The summed E-state index contributed by atoms with van der Waals surface area (Å²) >= 11 is 0. The molecular formula is C15H20N4O2. The van der Waals surface area contributed by atoms with Crippen molar-refractivity contribution >= 4 is 5.91 Å². The van der Waals surface area contributed by atoms with Crippen molar-refractivity contribution in [2.24, 2.45) is 5.73 Å². The zero-order valence-electron chi connectivity index (χ0n) is 12.2. The maximum absolute atomic E-state index is 12.4. The van der Waals surface area contributed by atoms with Gasteiger partial charge >= 0.3 is 0 Å². The van der Waals surface area contributed by atoms with Crippen molar-refractivity contribution < 1.29 is 9.90 Å². The molecule has 2 rings (SSSR count). The molecule has 0 fully saturated rings. The minimum atomic E-state index is -0.252. The van der Waals surface area contributed by atoms with Crippen LogP contribution < -0.4 is 5.73 Å². The number of hydrogen-bond donors (Lipinski definition) is 2. The average molecular weight is 288 g/mol. The Morgan fingerprint density at radius 1 is 1.48 bits per heavy atom. The molecular weight excluding hydrogens is 268 g/mol. The number of phenolic OH excluding ortho intramolecular Hbond substituents is 1. The molecule has 0 saturated heterocycles. The van der Waals surface area contributed by atoms with E-state index < -0.39 is 0 Å². The number of hydrogen-bond acceptors (Lipinski definition) is 4. The van der Waals surface area contributed by atoms with Crippen LogP contribution in [0.3, 0.4) is 0 Å². The van der Waals surface area contributed by atoms with Crippen molar-refractivity contribution in [2.45, 2.75) is 19.5 Å². The molecule has 0 aliphatic carbocycles. The van der Waals surface area contributed by atoms with E-state index in [0.29, 0.717) is 24.3 Å². The molecule has 6 heteroatoms. The van der Waals surface area contributed by atoms with Gasteiger partial charge in [-0.1, -0.05) is 18.2 Å². The third-order valence-electron chi connectivity index (χ3n) is 3.53. The second kappa shape index (κ2) is 6.41. The standard InChI is InChI=1S/C15H20N4O2/c1-11(12-5-3-4-6-14(12)20)18(2)15(21)13-9-19(8-7-16)10-17-13/h3-6,9-11,20H,7-8,16H2,1-2H3. The van der Waals surface area contributed by atoms with E-state index in [2.05, 4.69) is 4.98 Å². The monoisotopic (exact) mass is 288 g/mol. The molecule has 6 nitrogen and oxygen atoms in total. The predicted molar refractivity (Wildman–Crippen MR) is 79.9 cm³/mol. The Bertz CT molecular complexity index is 624. The Morgan fingerprint density at radius 3 is 2.86 bits per heavy atom. The zero-order chi connectivity index (χ0) is 15.4. The molecule has 0 aliphatic rings. The number of amides is 1. The number of para-hydroxylation sites is 1. The van der Waals surface area contributed by atoms with Crippen LogP contribution in [0.4, 0.5) is 0 Å². The maximum Gasteiger partial charge on any atom is 0.274 e. The lowest BCUT2D eigenvalue weighted by molar-refractivity contribution is 0.0736. The van der Waals surface area contributed by atoms with Crippen molar-refractivity contribution in [3.63, 3.8) is 0 Å². The van der Waals surface area contributed by atoms with E-state index in [1.54, 1.807) is 47.2 Å². The lowest BCUT2D eigenvalue weighted by atomic mass is 10.1. The number of aromatic hydroxyl groups is 1. The van der Waals surface area contributed by atoms with E-state index in [1.807, 2.05) is 13.0 Å². The lowest BCUT2D eigenvalue weighted by Crippen LogP contribution is -2.30. The first-order valence-electron chi connectivity index (χ1n) is 6.81. The summed E-state index contributed by atoms with van der Waals surface area (Å²) in [4.78, 5) is 18.1. The van der Waals surface area contributed by atoms with Crippen molar-refractivity contribution in [1.29, 1.82) is 0 Å². The first-order chi connectivity index (χ1) is 10.0. The molecule has 0 aliphatic heterocycles. The van der Waals surface area contributed by atoms with Crippen LogP contribution in [0.25, 0.3) is 0 Å². The number of phenols is 1. The van der Waals surface area contributed by atoms with Gasteiger partial charge in [-0.15, -0.1) is 0 Å². The molecule has 112 valence electrons. The third-order valence-corrected chi connectivity index (χ3v) is 3.53. The molecule has 2 aromatic rings. The molecule has 1 atom stereocenters. The second-order valence-electron chi connectivity index (χ2n) is 4.94. The van der Waals surface area contributed by atoms with E-state index >= 15 is 0 Å². The molecule has 0 bridgehead atoms. The Labute approximate surface area is 123 Å². The number of rotatable bonds is 5. The van der Waals surface area contributed by atoms with Gasteiger partial charge in [-0.2, -0.15) is 0 Å². The summed E-state index contributed by atoms with van der Waals surface area (Å²) in [6, 6.07) is 6.75. The molecule has 1 aromatic carbocycles. The summed E-state index contributed by atoms with van der Waals surface area (Å²) < 4.78 is 1.78. The summed E-state index contributed by atoms with van der Waals surface area (Å²) in [5, 5.41) is 9.88. The number of carbonyl (C=O) groups is 1. The molecule has 3 N–H and O–H groups in total. The number of imidazole rings is 1. The minimum absolute atomic E-state index is 0.179. The van der Waals surface area contributed by atoms with Crippen LogP contribution >= 0.6 is 0 Å². The van der Waals surface area contributed by atoms with E-state index in [-0.39, 0.29) is 17.7 Å². The van der Waals surface area contributed by atoms with Crippen LogP contribution in [0.2, 0.25) is 0 Å². The fourth-order valence-electron chi connectivity index (χ4n) is 2.15. The number of aromatic nitrogens is 2. The highest BCUT2D eigenvalue weighted by atomic mass is 16.3. The van der Waals surface area contributed by atoms with Crippen LogP contribution in [0.15, 0.2) is 36.8 Å². The molecule has 0 spiro atoms. The maximum atomic E-state index is 12.4. The Hall–Kier alpha value is -2.34.